The van der Waals surface area contributed by atoms with E-state index in [0.717, 1.165) is 30.3 Å². The van der Waals surface area contributed by atoms with Crippen LogP contribution in [0.1, 0.15) is 5.56 Å². The Labute approximate surface area is 106 Å². The van der Waals surface area contributed by atoms with E-state index in [0.29, 0.717) is 11.6 Å². The van der Waals surface area contributed by atoms with Crippen molar-refractivity contribution < 1.29 is 0 Å². The maximum Gasteiger partial charge on any atom is 0.199 e. The molecule has 2 rings (SSSR count). The third kappa shape index (κ3) is 2.72. The molecule has 3 nitrogen and oxygen atoms in total. The summed E-state index contributed by atoms with van der Waals surface area (Å²) in [6.45, 7) is 4.20. The van der Waals surface area contributed by atoms with Gasteiger partial charge in [-0.05, 0) is 24.6 Å². The van der Waals surface area contributed by atoms with Crippen molar-refractivity contribution in [2.45, 2.75) is 6.92 Å². The molecule has 0 unspecified atom stereocenters. The smallest absolute Gasteiger partial charge is 0.199 e. The molecule has 0 amide bonds. The first-order valence-electron chi connectivity index (χ1n) is 5.47. The van der Waals surface area contributed by atoms with Crippen molar-refractivity contribution in [2.24, 2.45) is 4.99 Å². The zero-order valence-electron chi connectivity index (χ0n) is 9.70. The highest BCUT2D eigenvalue weighted by Crippen LogP contribution is 2.23. The van der Waals surface area contributed by atoms with E-state index in [-0.39, 0.29) is 0 Å². The molecule has 4 heteroatoms. The number of aliphatic imine (C=N–C) groups is 1. The number of hydrogen-bond acceptors (Lipinski definition) is 3. The first kappa shape index (κ1) is 11.8. The molecule has 0 saturated carbocycles. The summed E-state index contributed by atoms with van der Waals surface area (Å²) >= 11 is 6.16. The zero-order valence-corrected chi connectivity index (χ0v) is 10.5. The van der Waals surface area contributed by atoms with E-state index >= 15 is 0 Å². The fourth-order valence-electron chi connectivity index (χ4n) is 1.71. The molecule has 1 aliphatic rings. The minimum atomic E-state index is 0.565. The molecule has 0 atom stereocenters. The van der Waals surface area contributed by atoms with E-state index in [1.807, 2.05) is 30.0 Å². The summed E-state index contributed by atoms with van der Waals surface area (Å²) < 4.78 is 0. The number of nitrogens with one attached hydrogen (secondary N) is 1. The molecular weight excluding hydrogens is 234 g/mol. The number of halogens is 1. The van der Waals surface area contributed by atoms with Crippen molar-refractivity contribution in [3.8, 4) is 12.3 Å². The standard InChI is InChI=1S/C13H14ClN3/c1-3-7-17-8-6-15-13(17)16-12-5-4-10(2)9-11(12)14/h1,4-5,9H,6-8H2,2H3,(H,15,16). The number of aryl methyl sites for hydroxylation is 1. The lowest BCUT2D eigenvalue weighted by atomic mass is 10.2. The molecule has 0 saturated heterocycles. The molecule has 1 heterocycles. The minimum Gasteiger partial charge on any atom is -0.330 e. The Hall–Kier alpha value is -1.66. The SMILES string of the molecule is C#CCN1CCN=C1Nc1ccc(C)cc1Cl. The van der Waals surface area contributed by atoms with Crippen molar-refractivity contribution in [1.29, 1.82) is 0 Å². The van der Waals surface area contributed by atoms with E-state index in [4.69, 9.17) is 18.0 Å². The second kappa shape index (κ2) is 5.11. The van der Waals surface area contributed by atoms with E-state index in [9.17, 15) is 0 Å². The normalized spacial score (nSPS) is 14.4. The molecule has 1 aliphatic heterocycles. The van der Waals surface area contributed by atoms with Gasteiger partial charge in [-0.2, -0.15) is 0 Å². The molecule has 0 radical (unpaired) electrons. The summed E-state index contributed by atoms with van der Waals surface area (Å²) in [6, 6.07) is 5.88. The summed E-state index contributed by atoms with van der Waals surface area (Å²) in [6.07, 6.45) is 5.31. The van der Waals surface area contributed by atoms with Gasteiger partial charge in [0.05, 0.1) is 23.8 Å². The number of nitrogens with zero attached hydrogens (tertiary/aromatic N) is 2. The number of anilines is 1. The number of benzene rings is 1. The fraction of sp³-hybridized carbons (Fsp3) is 0.308. The monoisotopic (exact) mass is 247 g/mol. The number of hydrogen-bond donors (Lipinski definition) is 1. The summed E-state index contributed by atoms with van der Waals surface area (Å²) in [5.74, 6) is 3.42. The Balaban J connectivity index is 2.13. The second-order valence-corrected chi connectivity index (χ2v) is 4.35. The van der Waals surface area contributed by atoms with Crippen molar-refractivity contribution in [3.63, 3.8) is 0 Å². The molecular formula is C13H14ClN3. The van der Waals surface area contributed by atoms with E-state index in [1.165, 1.54) is 0 Å². The van der Waals surface area contributed by atoms with Gasteiger partial charge < -0.3 is 10.2 Å². The molecule has 1 aromatic rings. The molecule has 17 heavy (non-hydrogen) atoms. The average molecular weight is 248 g/mol. The molecule has 0 aliphatic carbocycles. The van der Waals surface area contributed by atoms with Gasteiger partial charge in [-0.3, -0.25) is 4.99 Å². The molecule has 1 aromatic carbocycles. The maximum atomic E-state index is 6.16. The molecule has 1 N–H and O–H groups in total. The number of guanidine groups is 1. The van der Waals surface area contributed by atoms with Gasteiger partial charge in [0.2, 0.25) is 0 Å². The predicted molar refractivity (Wildman–Crippen MR) is 72.5 cm³/mol. The predicted octanol–water partition coefficient (Wildman–Crippen LogP) is 2.37. The number of terminal acetylenes is 1. The van der Waals surface area contributed by atoms with Crippen molar-refractivity contribution in [2.75, 3.05) is 25.0 Å². The fourth-order valence-corrected chi connectivity index (χ4v) is 1.99. The van der Waals surface area contributed by atoms with Gasteiger partial charge in [0.15, 0.2) is 5.96 Å². The van der Waals surface area contributed by atoms with Gasteiger partial charge in [-0.1, -0.05) is 23.6 Å². The van der Waals surface area contributed by atoms with Crippen molar-refractivity contribution >= 4 is 23.2 Å². The topological polar surface area (TPSA) is 27.6 Å². The second-order valence-electron chi connectivity index (χ2n) is 3.94. The van der Waals surface area contributed by atoms with Gasteiger partial charge in [0, 0.05) is 6.54 Å². The summed E-state index contributed by atoms with van der Waals surface area (Å²) in [5, 5.41) is 3.91. The molecule has 0 bridgehead atoms. The Morgan fingerprint density at radius 1 is 1.59 bits per heavy atom. The lowest BCUT2D eigenvalue weighted by Gasteiger charge is -2.19. The van der Waals surface area contributed by atoms with Gasteiger partial charge in [-0.25, -0.2) is 0 Å². The van der Waals surface area contributed by atoms with E-state index < -0.39 is 0 Å². The van der Waals surface area contributed by atoms with Gasteiger partial charge in [-0.15, -0.1) is 6.42 Å². The van der Waals surface area contributed by atoms with Crippen LogP contribution in [0, 0.1) is 19.3 Å². The Bertz CT molecular complexity index is 488. The number of rotatable bonds is 2. The van der Waals surface area contributed by atoms with Crippen LogP contribution in [0.3, 0.4) is 0 Å². The van der Waals surface area contributed by atoms with Crippen LogP contribution >= 0.6 is 11.6 Å². The van der Waals surface area contributed by atoms with Crippen LogP contribution in [-0.2, 0) is 0 Å². The van der Waals surface area contributed by atoms with Crippen LogP contribution in [0.5, 0.6) is 0 Å². The molecule has 0 aromatic heterocycles. The molecule has 0 spiro atoms. The third-order valence-electron chi connectivity index (χ3n) is 2.58. The first-order valence-corrected chi connectivity index (χ1v) is 5.84. The highest BCUT2D eigenvalue weighted by atomic mass is 35.5. The minimum absolute atomic E-state index is 0.565. The van der Waals surface area contributed by atoms with Crippen LogP contribution in [0.15, 0.2) is 23.2 Å². The average Bonchev–Trinajstić information content (AvgIpc) is 2.71. The van der Waals surface area contributed by atoms with E-state index in [1.54, 1.807) is 0 Å². The Morgan fingerprint density at radius 3 is 3.12 bits per heavy atom. The first-order chi connectivity index (χ1) is 8.20. The van der Waals surface area contributed by atoms with E-state index in [2.05, 4.69) is 16.2 Å². The summed E-state index contributed by atoms with van der Waals surface area (Å²) in [7, 11) is 0. The van der Waals surface area contributed by atoms with Crippen LogP contribution in [0.4, 0.5) is 5.69 Å². The summed E-state index contributed by atoms with van der Waals surface area (Å²) in [5.41, 5.74) is 1.99. The van der Waals surface area contributed by atoms with Gasteiger partial charge in [0.1, 0.15) is 0 Å². The van der Waals surface area contributed by atoms with Crippen LogP contribution < -0.4 is 5.32 Å². The van der Waals surface area contributed by atoms with Gasteiger partial charge in [0.25, 0.3) is 0 Å². The Morgan fingerprint density at radius 2 is 2.41 bits per heavy atom. The zero-order chi connectivity index (χ0) is 12.3. The quantitative estimate of drug-likeness (QED) is 0.813. The largest absolute Gasteiger partial charge is 0.330 e. The summed E-state index contributed by atoms with van der Waals surface area (Å²) in [4.78, 5) is 6.40. The lowest BCUT2D eigenvalue weighted by molar-refractivity contribution is 0.513. The van der Waals surface area contributed by atoms with Crippen LogP contribution in [0.2, 0.25) is 5.02 Å². The van der Waals surface area contributed by atoms with Gasteiger partial charge >= 0.3 is 0 Å². The van der Waals surface area contributed by atoms with Crippen LogP contribution in [0.25, 0.3) is 0 Å². The Kier molecular flexibility index (Phi) is 3.55. The van der Waals surface area contributed by atoms with Crippen LogP contribution in [-0.4, -0.2) is 30.5 Å². The highest BCUT2D eigenvalue weighted by molar-refractivity contribution is 6.33. The highest BCUT2D eigenvalue weighted by Gasteiger charge is 2.16. The third-order valence-corrected chi connectivity index (χ3v) is 2.90. The maximum absolute atomic E-state index is 6.16. The molecule has 0 fully saturated rings. The molecule has 88 valence electrons. The van der Waals surface area contributed by atoms with Crippen molar-refractivity contribution in [1.82, 2.24) is 4.90 Å². The van der Waals surface area contributed by atoms with Crippen molar-refractivity contribution in [3.05, 3.63) is 28.8 Å². The lowest BCUT2D eigenvalue weighted by Crippen LogP contribution is -2.33.